The Labute approximate surface area is 85.1 Å². The topological polar surface area (TPSA) is 37.3 Å². The Balaban J connectivity index is 3.61. The summed E-state index contributed by atoms with van der Waals surface area (Å²) in [5, 5.41) is 8.70. The van der Waals surface area contributed by atoms with Crippen molar-refractivity contribution in [3.05, 3.63) is 0 Å². The molecule has 0 fully saturated rings. The molecule has 0 aromatic heterocycles. The summed E-state index contributed by atoms with van der Waals surface area (Å²) in [7, 11) is 0. The molecule has 0 radical (unpaired) electrons. The van der Waals surface area contributed by atoms with Gasteiger partial charge in [0.2, 0.25) is 0 Å². The van der Waals surface area contributed by atoms with Crippen molar-refractivity contribution in [3.8, 4) is 0 Å². The molecule has 0 heterocycles. The van der Waals surface area contributed by atoms with E-state index < -0.39 is 5.97 Å². The van der Waals surface area contributed by atoms with Gasteiger partial charge in [-0.1, -0.05) is 33.1 Å². The van der Waals surface area contributed by atoms with Crippen LogP contribution in [-0.2, 0) is 4.79 Å². The highest BCUT2D eigenvalue weighted by Crippen LogP contribution is 2.18. The van der Waals surface area contributed by atoms with E-state index in [9.17, 15) is 4.79 Å². The van der Waals surface area contributed by atoms with E-state index in [1.54, 1.807) is 11.8 Å². The minimum absolute atomic E-state index is 0.175. The van der Waals surface area contributed by atoms with E-state index in [2.05, 4.69) is 13.8 Å². The lowest BCUT2D eigenvalue weighted by molar-refractivity contribution is -0.136. The number of carbonyl (C=O) groups is 1. The summed E-state index contributed by atoms with van der Waals surface area (Å²) < 4.78 is 0. The molecule has 0 rings (SSSR count). The highest BCUT2D eigenvalue weighted by Gasteiger charge is 2.16. The molecule has 0 saturated heterocycles. The average molecular weight is 204 g/mol. The fourth-order valence-corrected chi connectivity index (χ4v) is 2.25. The van der Waals surface area contributed by atoms with Gasteiger partial charge in [-0.3, -0.25) is 4.79 Å². The van der Waals surface area contributed by atoms with E-state index in [1.807, 2.05) is 0 Å². The van der Waals surface area contributed by atoms with Crippen molar-refractivity contribution in [1.82, 2.24) is 0 Å². The molecule has 0 aromatic rings. The first-order valence-corrected chi connectivity index (χ1v) is 6.11. The number of hydrogen-bond acceptors (Lipinski definition) is 2. The third kappa shape index (κ3) is 6.94. The lowest BCUT2D eigenvalue weighted by Crippen LogP contribution is -2.16. The van der Waals surface area contributed by atoms with Crippen LogP contribution in [0.25, 0.3) is 0 Å². The van der Waals surface area contributed by atoms with E-state index in [-0.39, 0.29) is 5.25 Å². The van der Waals surface area contributed by atoms with Crippen LogP contribution < -0.4 is 0 Å². The van der Waals surface area contributed by atoms with Crippen molar-refractivity contribution in [3.63, 3.8) is 0 Å². The van der Waals surface area contributed by atoms with Gasteiger partial charge in [-0.05, 0) is 18.6 Å². The van der Waals surface area contributed by atoms with Gasteiger partial charge in [-0.2, -0.15) is 0 Å². The number of carboxylic acid groups (broad SMARTS) is 1. The zero-order chi connectivity index (χ0) is 10.1. The molecule has 0 aromatic carbocycles. The van der Waals surface area contributed by atoms with Crippen molar-refractivity contribution < 1.29 is 9.90 Å². The van der Waals surface area contributed by atoms with Gasteiger partial charge in [0.1, 0.15) is 5.25 Å². The number of thioether (sulfide) groups is 1. The second kappa shape index (κ2) is 8.42. The lowest BCUT2D eigenvalue weighted by Gasteiger charge is -2.10. The van der Waals surface area contributed by atoms with Crippen LogP contribution in [0.2, 0.25) is 0 Å². The van der Waals surface area contributed by atoms with E-state index in [0.29, 0.717) is 0 Å². The Morgan fingerprint density at radius 3 is 2.38 bits per heavy atom. The molecule has 13 heavy (non-hydrogen) atoms. The van der Waals surface area contributed by atoms with Crippen LogP contribution in [0.1, 0.15) is 46.0 Å². The van der Waals surface area contributed by atoms with Gasteiger partial charge in [0.15, 0.2) is 0 Å². The number of aliphatic carboxylic acids is 1. The van der Waals surface area contributed by atoms with E-state index >= 15 is 0 Å². The standard InChI is InChI=1S/C10H20O2S/c1-3-5-7-9(10(11)12)13-8-6-4-2/h9H,3-8H2,1-2H3,(H,11,12). The molecule has 0 amide bonds. The number of unbranched alkanes of at least 4 members (excludes halogenated alkanes) is 2. The summed E-state index contributed by atoms with van der Waals surface area (Å²) >= 11 is 1.59. The Kier molecular flexibility index (Phi) is 8.30. The van der Waals surface area contributed by atoms with Crippen LogP contribution in [0.5, 0.6) is 0 Å². The summed E-state index contributed by atoms with van der Waals surface area (Å²) in [5.41, 5.74) is 0. The van der Waals surface area contributed by atoms with Crippen molar-refractivity contribution >= 4 is 17.7 Å². The molecule has 0 aliphatic heterocycles. The van der Waals surface area contributed by atoms with Crippen LogP contribution in [0.15, 0.2) is 0 Å². The van der Waals surface area contributed by atoms with Crippen LogP contribution in [-0.4, -0.2) is 22.1 Å². The van der Waals surface area contributed by atoms with Crippen molar-refractivity contribution in [2.75, 3.05) is 5.75 Å². The van der Waals surface area contributed by atoms with Crippen LogP contribution in [0.3, 0.4) is 0 Å². The molecule has 3 heteroatoms. The highest BCUT2D eigenvalue weighted by molar-refractivity contribution is 8.00. The molecular weight excluding hydrogens is 184 g/mol. The van der Waals surface area contributed by atoms with Crippen molar-refractivity contribution in [1.29, 1.82) is 0 Å². The second-order valence-corrected chi connectivity index (χ2v) is 4.50. The lowest BCUT2D eigenvalue weighted by atomic mass is 10.2. The monoisotopic (exact) mass is 204 g/mol. The molecule has 78 valence electrons. The van der Waals surface area contributed by atoms with Gasteiger partial charge in [0.05, 0.1) is 0 Å². The average Bonchev–Trinajstić information content (AvgIpc) is 2.10. The maximum atomic E-state index is 10.8. The summed E-state index contributed by atoms with van der Waals surface area (Å²) in [6.45, 7) is 4.22. The second-order valence-electron chi connectivity index (χ2n) is 3.19. The Bertz CT molecular complexity index is 137. The van der Waals surface area contributed by atoms with Gasteiger partial charge in [0, 0.05) is 0 Å². The molecule has 0 saturated carbocycles. The molecule has 0 bridgehead atoms. The van der Waals surface area contributed by atoms with Gasteiger partial charge in [0.25, 0.3) is 0 Å². The Morgan fingerprint density at radius 1 is 1.31 bits per heavy atom. The summed E-state index contributed by atoms with van der Waals surface area (Å²) in [6, 6.07) is 0. The minimum atomic E-state index is -0.644. The first-order chi connectivity index (χ1) is 6.22. The van der Waals surface area contributed by atoms with Crippen LogP contribution >= 0.6 is 11.8 Å². The molecule has 0 spiro atoms. The first kappa shape index (κ1) is 12.8. The zero-order valence-corrected chi connectivity index (χ0v) is 9.40. The Morgan fingerprint density at radius 2 is 1.92 bits per heavy atom. The van der Waals surface area contributed by atoms with Gasteiger partial charge < -0.3 is 5.11 Å². The molecule has 0 aliphatic carbocycles. The van der Waals surface area contributed by atoms with Crippen molar-refractivity contribution in [2.24, 2.45) is 0 Å². The molecular formula is C10H20O2S. The van der Waals surface area contributed by atoms with E-state index in [0.717, 1.165) is 37.9 Å². The molecule has 2 nitrogen and oxygen atoms in total. The van der Waals surface area contributed by atoms with E-state index in [1.165, 1.54) is 0 Å². The summed E-state index contributed by atoms with van der Waals surface area (Å²) in [4.78, 5) is 10.8. The first-order valence-electron chi connectivity index (χ1n) is 5.06. The third-order valence-corrected chi connectivity index (χ3v) is 3.28. The van der Waals surface area contributed by atoms with Crippen molar-refractivity contribution in [2.45, 2.75) is 51.2 Å². The maximum absolute atomic E-state index is 10.8. The van der Waals surface area contributed by atoms with E-state index in [4.69, 9.17) is 5.11 Å². The highest BCUT2D eigenvalue weighted by atomic mass is 32.2. The number of rotatable bonds is 8. The van der Waals surface area contributed by atoms with Gasteiger partial charge in [-0.15, -0.1) is 11.8 Å². The normalized spacial score (nSPS) is 12.8. The van der Waals surface area contributed by atoms with Gasteiger partial charge in [-0.25, -0.2) is 0 Å². The zero-order valence-electron chi connectivity index (χ0n) is 8.58. The van der Waals surface area contributed by atoms with Crippen LogP contribution in [0, 0.1) is 0 Å². The summed E-state index contributed by atoms with van der Waals surface area (Å²) in [5.74, 6) is 0.339. The molecule has 0 aliphatic rings. The van der Waals surface area contributed by atoms with Crippen LogP contribution in [0.4, 0.5) is 0 Å². The quantitative estimate of drug-likeness (QED) is 0.617. The fourth-order valence-electron chi connectivity index (χ4n) is 1.04. The fraction of sp³-hybridized carbons (Fsp3) is 0.900. The molecule has 1 unspecified atom stereocenters. The maximum Gasteiger partial charge on any atom is 0.316 e. The largest absolute Gasteiger partial charge is 0.480 e. The SMILES string of the molecule is CCCCSC(CCCC)C(=O)O. The smallest absolute Gasteiger partial charge is 0.316 e. The number of hydrogen-bond donors (Lipinski definition) is 1. The third-order valence-electron chi connectivity index (χ3n) is 1.91. The molecule has 1 N–H and O–H groups in total. The molecule has 1 atom stereocenters. The van der Waals surface area contributed by atoms with Gasteiger partial charge >= 0.3 is 5.97 Å². The predicted octanol–water partition coefficient (Wildman–Crippen LogP) is 3.16. The summed E-state index contributed by atoms with van der Waals surface area (Å²) in [6.07, 6.45) is 5.20. The minimum Gasteiger partial charge on any atom is -0.480 e. The Hall–Kier alpha value is -0.180. The number of carboxylic acids is 1. The predicted molar refractivity (Wildman–Crippen MR) is 58.3 cm³/mol.